The molecule has 0 amide bonds. The van der Waals surface area contributed by atoms with Crippen LogP contribution in [0, 0.1) is 28.1 Å². The summed E-state index contributed by atoms with van der Waals surface area (Å²) in [6.07, 6.45) is 2.01. The normalized spacial score (nSPS) is 56.2. The molecule has 1 spiro atoms. The van der Waals surface area contributed by atoms with Crippen molar-refractivity contribution in [3.63, 3.8) is 0 Å². The summed E-state index contributed by atoms with van der Waals surface area (Å²) in [4.78, 5) is 24.1. The quantitative estimate of drug-likeness (QED) is 0.732. The van der Waals surface area contributed by atoms with Gasteiger partial charge >= 0.3 is 11.9 Å². The van der Waals surface area contributed by atoms with E-state index < -0.39 is 11.7 Å². The maximum atomic E-state index is 12.2. The molecule has 110 valence electrons. The molecule has 2 aliphatic carbocycles. The molecule has 6 atom stereocenters. The predicted octanol–water partition coefficient (Wildman–Crippen LogP) is 1.24. The highest BCUT2D eigenvalue weighted by Gasteiger charge is 2.81. The van der Waals surface area contributed by atoms with Gasteiger partial charge in [-0.3, -0.25) is 9.59 Å². The summed E-state index contributed by atoms with van der Waals surface area (Å²) in [6.45, 7) is 4.23. The zero-order valence-corrected chi connectivity index (χ0v) is 11.8. The Hall–Kier alpha value is -1.10. The Kier molecular flexibility index (Phi) is 2.13. The van der Waals surface area contributed by atoms with Crippen LogP contribution >= 0.6 is 0 Å². The summed E-state index contributed by atoms with van der Waals surface area (Å²) in [5, 5.41) is 9.90. The van der Waals surface area contributed by atoms with Crippen molar-refractivity contribution < 1.29 is 24.2 Å². The van der Waals surface area contributed by atoms with E-state index >= 15 is 0 Å². The van der Waals surface area contributed by atoms with Crippen molar-refractivity contribution in [2.24, 2.45) is 28.1 Å². The van der Waals surface area contributed by atoms with E-state index in [0.717, 1.165) is 19.3 Å². The van der Waals surface area contributed by atoms with Crippen LogP contribution in [0.2, 0.25) is 0 Å². The molecule has 0 aromatic heterocycles. The van der Waals surface area contributed by atoms with Gasteiger partial charge in [0, 0.05) is 6.61 Å². The molecule has 2 saturated carbocycles. The molecule has 0 aromatic carbocycles. The van der Waals surface area contributed by atoms with Crippen LogP contribution in [0.25, 0.3) is 0 Å². The maximum Gasteiger partial charge on any atom is 0.312 e. The lowest BCUT2D eigenvalue weighted by Crippen LogP contribution is -2.54. The number of aliphatic hydroxyl groups excluding tert-OH is 1. The van der Waals surface area contributed by atoms with Gasteiger partial charge in [-0.2, -0.15) is 0 Å². The Morgan fingerprint density at radius 3 is 2.70 bits per heavy atom. The van der Waals surface area contributed by atoms with E-state index in [1.54, 1.807) is 0 Å². The van der Waals surface area contributed by atoms with E-state index in [1.807, 2.05) is 0 Å². The Morgan fingerprint density at radius 1 is 1.25 bits per heavy atom. The summed E-state index contributed by atoms with van der Waals surface area (Å²) >= 11 is 0. The fraction of sp³-hybridized carbons (Fsp3) is 0.867. The first-order chi connectivity index (χ1) is 9.37. The summed E-state index contributed by atoms with van der Waals surface area (Å²) < 4.78 is 10.8. The largest absolute Gasteiger partial charge is 0.424 e. The Morgan fingerprint density at radius 2 is 2.00 bits per heavy atom. The third-order valence-corrected chi connectivity index (χ3v) is 6.61. The standard InChI is InChI=1S/C15H20O5/c1-13(7-16)6-14(2)5-10(17)19-12-15(14)8(11(18)20-12)3-4-9(13)15/h8-9,12,16H,3-7H2,1-2H3/t8-,9-,12-,13-,14-,15-/m0/s1. The highest BCUT2D eigenvalue weighted by molar-refractivity contribution is 5.80. The maximum absolute atomic E-state index is 12.2. The molecule has 20 heavy (non-hydrogen) atoms. The molecule has 5 nitrogen and oxygen atoms in total. The number of aliphatic hydroxyl groups is 1. The van der Waals surface area contributed by atoms with Gasteiger partial charge in [0.2, 0.25) is 0 Å². The van der Waals surface area contributed by atoms with Crippen molar-refractivity contribution >= 4 is 11.9 Å². The third kappa shape index (κ3) is 1.08. The van der Waals surface area contributed by atoms with E-state index in [2.05, 4.69) is 13.8 Å². The summed E-state index contributed by atoms with van der Waals surface area (Å²) in [7, 11) is 0. The van der Waals surface area contributed by atoms with Crippen molar-refractivity contribution in [3.05, 3.63) is 0 Å². The van der Waals surface area contributed by atoms with Gasteiger partial charge in [0.1, 0.15) is 0 Å². The van der Waals surface area contributed by atoms with Crippen molar-refractivity contribution in [2.45, 2.75) is 45.8 Å². The van der Waals surface area contributed by atoms with Gasteiger partial charge < -0.3 is 14.6 Å². The minimum absolute atomic E-state index is 0.0802. The minimum Gasteiger partial charge on any atom is -0.424 e. The molecule has 2 saturated heterocycles. The fourth-order valence-corrected chi connectivity index (χ4v) is 6.18. The van der Waals surface area contributed by atoms with E-state index in [4.69, 9.17) is 9.47 Å². The van der Waals surface area contributed by atoms with E-state index in [1.165, 1.54) is 0 Å². The van der Waals surface area contributed by atoms with Crippen LogP contribution in [0.1, 0.15) is 39.5 Å². The fourth-order valence-electron chi connectivity index (χ4n) is 6.18. The van der Waals surface area contributed by atoms with Gasteiger partial charge in [-0.15, -0.1) is 0 Å². The first-order valence-electron chi connectivity index (χ1n) is 7.38. The minimum atomic E-state index is -0.743. The van der Waals surface area contributed by atoms with Crippen LogP contribution in [0.15, 0.2) is 0 Å². The molecule has 0 aromatic rings. The lowest BCUT2D eigenvalue weighted by molar-refractivity contribution is -0.229. The average Bonchev–Trinajstić information content (AvgIpc) is 2.92. The molecule has 2 heterocycles. The summed E-state index contributed by atoms with van der Waals surface area (Å²) in [5.74, 6) is -0.506. The molecule has 5 heteroatoms. The van der Waals surface area contributed by atoms with Crippen LogP contribution in [0.3, 0.4) is 0 Å². The highest BCUT2D eigenvalue weighted by Crippen LogP contribution is 2.77. The zero-order chi connectivity index (χ0) is 14.3. The van der Waals surface area contributed by atoms with E-state index in [0.29, 0.717) is 6.42 Å². The van der Waals surface area contributed by atoms with Gasteiger partial charge in [0.25, 0.3) is 6.29 Å². The molecule has 0 radical (unpaired) electrons. The van der Waals surface area contributed by atoms with Gasteiger partial charge in [-0.05, 0) is 36.0 Å². The number of rotatable bonds is 1. The van der Waals surface area contributed by atoms with Crippen LogP contribution in [0.4, 0.5) is 0 Å². The molecule has 4 fully saturated rings. The second kappa shape index (κ2) is 3.38. The topological polar surface area (TPSA) is 72.8 Å². The Labute approximate surface area is 117 Å². The molecule has 0 bridgehead atoms. The number of esters is 2. The number of ether oxygens (including phenoxy) is 2. The van der Waals surface area contributed by atoms with Gasteiger partial charge in [-0.1, -0.05) is 13.8 Å². The van der Waals surface area contributed by atoms with Gasteiger partial charge in [0.15, 0.2) is 0 Å². The van der Waals surface area contributed by atoms with Crippen LogP contribution in [-0.2, 0) is 19.1 Å². The molecule has 4 rings (SSSR count). The van der Waals surface area contributed by atoms with Crippen LogP contribution in [0.5, 0.6) is 0 Å². The lowest BCUT2D eigenvalue weighted by Gasteiger charge is -2.48. The zero-order valence-electron chi connectivity index (χ0n) is 11.8. The average molecular weight is 280 g/mol. The van der Waals surface area contributed by atoms with Crippen LogP contribution < -0.4 is 0 Å². The molecule has 0 unspecified atom stereocenters. The van der Waals surface area contributed by atoms with E-state index in [9.17, 15) is 14.7 Å². The summed E-state index contributed by atoms with van der Waals surface area (Å²) in [5.41, 5.74) is -0.998. The Balaban J connectivity index is 1.94. The third-order valence-electron chi connectivity index (χ3n) is 6.61. The lowest BCUT2D eigenvalue weighted by atomic mass is 9.57. The summed E-state index contributed by atoms with van der Waals surface area (Å²) in [6, 6.07) is 0. The SMILES string of the molecule is C[C@@]1(CO)C[C@]2(C)CC(=O)O[C@H]3OC(=O)[C@@H]4CC[C@@H]1[C@]342. The van der Waals surface area contributed by atoms with Crippen molar-refractivity contribution in [3.8, 4) is 0 Å². The van der Waals surface area contributed by atoms with Crippen molar-refractivity contribution in [2.75, 3.05) is 6.61 Å². The first-order valence-corrected chi connectivity index (χ1v) is 7.38. The first kappa shape index (κ1) is 12.6. The predicted molar refractivity (Wildman–Crippen MR) is 67.2 cm³/mol. The smallest absolute Gasteiger partial charge is 0.312 e. The number of hydrogen-bond acceptors (Lipinski definition) is 5. The molecule has 1 N–H and O–H groups in total. The van der Waals surface area contributed by atoms with Crippen molar-refractivity contribution in [1.29, 1.82) is 0 Å². The molecule has 2 aliphatic heterocycles. The number of carbonyl (C=O) groups excluding carboxylic acids is 2. The van der Waals surface area contributed by atoms with Gasteiger partial charge in [0.05, 0.1) is 17.8 Å². The van der Waals surface area contributed by atoms with Crippen molar-refractivity contribution in [1.82, 2.24) is 0 Å². The monoisotopic (exact) mass is 280 g/mol. The number of hydrogen-bond donors (Lipinski definition) is 1. The van der Waals surface area contributed by atoms with E-state index in [-0.39, 0.29) is 41.2 Å². The number of carbonyl (C=O) groups is 2. The molecule has 4 aliphatic rings. The Bertz CT molecular complexity index is 514. The second-order valence-corrected chi connectivity index (χ2v) is 7.60. The van der Waals surface area contributed by atoms with Gasteiger partial charge in [-0.25, -0.2) is 0 Å². The highest BCUT2D eigenvalue weighted by atomic mass is 16.7. The van der Waals surface area contributed by atoms with Crippen LogP contribution in [-0.4, -0.2) is 29.9 Å². The molecular formula is C15H20O5. The second-order valence-electron chi connectivity index (χ2n) is 7.60. The molecular weight excluding hydrogens is 260 g/mol.